The van der Waals surface area contributed by atoms with E-state index in [1.807, 2.05) is 27.4 Å². The van der Waals surface area contributed by atoms with Crippen LogP contribution in [0, 0.1) is 0 Å². The van der Waals surface area contributed by atoms with Gasteiger partial charge in [0.1, 0.15) is 0 Å². The van der Waals surface area contributed by atoms with Crippen LogP contribution in [0.25, 0.3) is 0 Å². The van der Waals surface area contributed by atoms with E-state index in [2.05, 4.69) is 79.7 Å². The third-order valence-electron chi connectivity index (χ3n) is 3.44. The Morgan fingerprint density at radius 1 is 0.571 bits per heavy atom. The molecular formula is C20H22P+. The van der Waals surface area contributed by atoms with Gasteiger partial charge < -0.3 is 0 Å². The van der Waals surface area contributed by atoms with Crippen LogP contribution in [0.4, 0.5) is 0 Å². The smallest absolute Gasteiger partial charge is 0.0622 e. The second kappa shape index (κ2) is 8.39. The molecular weight excluding hydrogens is 271 g/mol. The minimum absolute atomic E-state index is 0.484. The Hall–Kier alpha value is -1.91. The predicted molar refractivity (Wildman–Crippen MR) is 97.6 cm³/mol. The summed E-state index contributed by atoms with van der Waals surface area (Å²) in [6.07, 6.45) is 0. The van der Waals surface area contributed by atoms with Gasteiger partial charge >= 0.3 is 0 Å². The van der Waals surface area contributed by atoms with E-state index in [0.29, 0.717) is 5.92 Å². The normalized spacial score (nSPS) is 10.0. The quantitative estimate of drug-likeness (QED) is 0.598. The topological polar surface area (TPSA) is 0 Å². The van der Waals surface area contributed by atoms with Crippen molar-refractivity contribution in [1.82, 2.24) is 0 Å². The summed E-state index contributed by atoms with van der Waals surface area (Å²) < 4.78 is 0. The van der Waals surface area contributed by atoms with Gasteiger partial charge in [0.2, 0.25) is 0 Å². The molecule has 3 aromatic carbocycles. The van der Waals surface area contributed by atoms with E-state index < -0.39 is 0 Å². The minimum atomic E-state index is 0.484. The van der Waals surface area contributed by atoms with Crippen molar-refractivity contribution in [3.8, 4) is 0 Å². The van der Waals surface area contributed by atoms with Crippen molar-refractivity contribution >= 4 is 14.5 Å². The molecule has 0 saturated carbocycles. The Labute approximate surface area is 130 Å². The molecule has 0 N–H and O–H groups in total. The summed E-state index contributed by atoms with van der Waals surface area (Å²) >= 11 is 0. The molecule has 0 fully saturated rings. The van der Waals surface area contributed by atoms with Crippen LogP contribution in [0.5, 0.6) is 0 Å². The molecule has 0 spiro atoms. The van der Waals surface area contributed by atoms with Gasteiger partial charge in [-0.15, -0.1) is 0 Å². The standard InChI is InChI=1S/C14H14.C6H7P/c1-12(13-8-4-2-5-9-13)14-10-6-3-7-11-14;7-6-4-2-1-3-5-6/h2-12H,1H3;1-5H,7H2/p+1. The predicted octanol–water partition coefficient (Wildman–Crippen LogP) is 4.76. The largest absolute Gasteiger partial charge is 0.0865 e. The molecule has 0 heterocycles. The number of hydrogen-bond donors (Lipinski definition) is 0. The second-order valence-electron chi connectivity index (χ2n) is 5.03. The first-order valence-electron chi connectivity index (χ1n) is 7.24. The molecule has 0 aromatic heterocycles. The summed E-state index contributed by atoms with van der Waals surface area (Å²) in [5.41, 5.74) is 2.75. The van der Waals surface area contributed by atoms with Crippen molar-refractivity contribution in [3.05, 3.63) is 102 Å². The molecule has 0 nitrogen and oxygen atoms in total. The summed E-state index contributed by atoms with van der Waals surface area (Å²) in [5.74, 6) is 0.484. The highest BCUT2D eigenvalue weighted by Gasteiger charge is 2.05. The van der Waals surface area contributed by atoms with Gasteiger partial charge in [-0.3, -0.25) is 0 Å². The Morgan fingerprint density at radius 3 is 1.19 bits per heavy atom. The minimum Gasteiger partial charge on any atom is -0.0622 e. The summed E-state index contributed by atoms with van der Waals surface area (Å²) in [6, 6.07) is 31.5. The van der Waals surface area contributed by atoms with Gasteiger partial charge in [0.25, 0.3) is 0 Å². The maximum absolute atomic E-state index is 2.24. The molecule has 0 saturated heterocycles. The average Bonchev–Trinajstić information content (AvgIpc) is 2.57. The third kappa shape index (κ3) is 5.17. The molecule has 1 unspecified atom stereocenters. The van der Waals surface area contributed by atoms with Gasteiger partial charge in [-0.05, 0) is 23.3 Å². The highest BCUT2D eigenvalue weighted by atomic mass is 31.0. The Balaban J connectivity index is 0.000000194. The van der Waals surface area contributed by atoms with E-state index in [0.717, 1.165) is 0 Å². The van der Waals surface area contributed by atoms with E-state index in [4.69, 9.17) is 0 Å². The Morgan fingerprint density at radius 2 is 0.905 bits per heavy atom. The van der Waals surface area contributed by atoms with Crippen LogP contribution in [0.1, 0.15) is 24.0 Å². The number of hydrogen-bond acceptors (Lipinski definition) is 0. The molecule has 21 heavy (non-hydrogen) atoms. The third-order valence-corrected chi connectivity index (χ3v) is 3.91. The molecule has 1 heteroatoms. The maximum Gasteiger partial charge on any atom is 0.0865 e. The first-order chi connectivity index (χ1) is 10.3. The molecule has 0 aliphatic heterocycles. The van der Waals surface area contributed by atoms with Crippen LogP contribution in [-0.4, -0.2) is 0 Å². The van der Waals surface area contributed by atoms with Gasteiger partial charge in [0.15, 0.2) is 0 Å². The lowest BCUT2D eigenvalue weighted by Crippen LogP contribution is -1.94. The first kappa shape index (κ1) is 15.5. The molecule has 1 atom stereocenters. The zero-order valence-corrected chi connectivity index (χ0v) is 13.9. The van der Waals surface area contributed by atoms with Crippen molar-refractivity contribution in [2.24, 2.45) is 0 Å². The molecule has 0 aliphatic rings. The van der Waals surface area contributed by atoms with Crippen molar-refractivity contribution in [3.63, 3.8) is 0 Å². The van der Waals surface area contributed by atoms with Crippen molar-refractivity contribution in [1.29, 1.82) is 0 Å². The van der Waals surface area contributed by atoms with Crippen LogP contribution in [-0.2, 0) is 0 Å². The van der Waals surface area contributed by atoms with E-state index in [1.165, 1.54) is 16.4 Å². The lowest BCUT2D eigenvalue weighted by atomic mass is 9.93. The molecule has 3 rings (SSSR count). The summed E-state index contributed by atoms with van der Waals surface area (Å²) in [7, 11) is 1.90. The number of rotatable bonds is 2. The first-order valence-corrected chi connectivity index (χ1v) is 7.95. The van der Waals surface area contributed by atoms with Crippen LogP contribution in [0.15, 0.2) is 91.0 Å². The van der Waals surface area contributed by atoms with Gasteiger partial charge in [-0.2, -0.15) is 0 Å². The average molecular weight is 293 g/mol. The van der Waals surface area contributed by atoms with Crippen molar-refractivity contribution in [2.75, 3.05) is 0 Å². The lowest BCUT2D eigenvalue weighted by molar-refractivity contribution is 0.922. The van der Waals surface area contributed by atoms with Gasteiger partial charge in [-0.25, -0.2) is 0 Å². The molecule has 0 aliphatic carbocycles. The fourth-order valence-electron chi connectivity index (χ4n) is 2.15. The fourth-order valence-corrected chi connectivity index (χ4v) is 2.43. The van der Waals surface area contributed by atoms with E-state index in [1.54, 1.807) is 0 Å². The summed E-state index contributed by atoms with van der Waals surface area (Å²) in [4.78, 5) is 0. The Kier molecular flexibility index (Phi) is 6.19. The summed E-state index contributed by atoms with van der Waals surface area (Å²) in [6.45, 7) is 2.24. The van der Waals surface area contributed by atoms with Crippen LogP contribution in [0.3, 0.4) is 0 Å². The second-order valence-corrected chi connectivity index (χ2v) is 5.85. The zero-order valence-electron chi connectivity index (χ0n) is 12.4. The van der Waals surface area contributed by atoms with Crippen LogP contribution < -0.4 is 5.30 Å². The molecule has 106 valence electrons. The molecule has 0 bridgehead atoms. The lowest BCUT2D eigenvalue weighted by Gasteiger charge is -2.11. The van der Waals surface area contributed by atoms with Crippen LogP contribution in [0.2, 0.25) is 0 Å². The maximum atomic E-state index is 2.24. The SMILES string of the molecule is CC(c1ccccc1)c1ccccc1.[PH3+]c1ccccc1. The fraction of sp³-hybridized carbons (Fsp3) is 0.100. The van der Waals surface area contributed by atoms with Crippen molar-refractivity contribution in [2.45, 2.75) is 12.8 Å². The number of benzene rings is 3. The van der Waals surface area contributed by atoms with E-state index in [-0.39, 0.29) is 0 Å². The monoisotopic (exact) mass is 293 g/mol. The van der Waals surface area contributed by atoms with Crippen LogP contribution >= 0.6 is 9.24 Å². The molecule has 3 aromatic rings. The van der Waals surface area contributed by atoms with Gasteiger partial charge in [0.05, 0.1) is 5.30 Å². The molecule has 0 radical (unpaired) electrons. The molecule has 0 amide bonds. The highest BCUT2D eigenvalue weighted by Crippen LogP contribution is 2.22. The highest BCUT2D eigenvalue weighted by molar-refractivity contribution is 7.27. The van der Waals surface area contributed by atoms with E-state index >= 15 is 0 Å². The van der Waals surface area contributed by atoms with Crippen molar-refractivity contribution < 1.29 is 0 Å². The Bertz CT molecular complexity index is 578. The summed E-state index contributed by atoms with van der Waals surface area (Å²) in [5, 5.41) is 1.35. The zero-order chi connectivity index (χ0) is 14.9. The van der Waals surface area contributed by atoms with Gasteiger partial charge in [-0.1, -0.05) is 85.8 Å². The van der Waals surface area contributed by atoms with Gasteiger partial charge in [0, 0.05) is 15.2 Å². The van der Waals surface area contributed by atoms with E-state index in [9.17, 15) is 0 Å².